The summed E-state index contributed by atoms with van der Waals surface area (Å²) in [5, 5.41) is 3.92. The van der Waals surface area contributed by atoms with Gasteiger partial charge in [0.05, 0.1) is 0 Å². The molecule has 1 heterocycles. The predicted octanol–water partition coefficient (Wildman–Crippen LogP) is 2.78. The average molecular weight is 224 g/mol. The van der Waals surface area contributed by atoms with Crippen molar-refractivity contribution < 1.29 is 0 Å². The van der Waals surface area contributed by atoms with E-state index in [1.54, 1.807) is 0 Å². The zero-order valence-corrected chi connectivity index (χ0v) is 10.9. The van der Waals surface area contributed by atoms with Crippen molar-refractivity contribution in [2.45, 2.75) is 70.4 Å². The van der Waals surface area contributed by atoms with Crippen LogP contribution in [-0.2, 0) is 0 Å². The Kier molecular flexibility index (Phi) is 5.11. The van der Waals surface area contributed by atoms with Crippen molar-refractivity contribution in [3.05, 3.63) is 0 Å². The number of hydrogen-bond acceptors (Lipinski definition) is 2. The molecule has 1 unspecified atom stereocenters. The van der Waals surface area contributed by atoms with Gasteiger partial charge in [-0.3, -0.25) is 0 Å². The van der Waals surface area contributed by atoms with Gasteiger partial charge in [-0.05, 0) is 51.7 Å². The molecular formula is C14H28N2. The molecule has 2 fully saturated rings. The Morgan fingerprint density at radius 2 is 1.56 bits per heavy atom. The van der Waals surface area contributed by atoms with Crippen molar-refractivity contribution in [1.29, 1.82) is 0 Å². The molecule has 0 bridgehead atoms. The molecule has 0 spiro atoms. The van der Waals surface area contributed by atoms with Gasteiger partial charge in [-0.15, -0.1) is 0 Å². The fourth-order valence-electron chi connectivity index (χ4n) is 3.24. The van der Waals surface area contributed by atoms with E-state index < -0.39 is 0 Å². The predicted molar refractivity (Wildman–Crippen MR) is 69.8 cm³/mol. The molecule has 2 heteroatoms. The van der Waals surface area contributed by atoms with Crippen LogP contribution in [0.15, 0.2) is 0 Å². The van der Waals surface area contributed by atoms with Crippen molar-refractivity contribution in [3.8, 4) is 0 Å². The Hall–Kier alpha value is -0.0800. The largest absolute Gasteiger partial charge is 0.311 e. The van der Waals surface area contributed by atoms with Gasteiger partial charge in [0.15, 0.2) is 0 Å². The van der Waals surface area contributed by atoms with E-state index in [4.69, 9.17) is 0 Å². The lowest BCUT2D eigenvalue weighted by atomic mass is 9.94. The van der Waals surface area contributed by atoms with Crippen molar-refractivity contribution in [2.24, 2.45) is 0 Å². The maximum absolute atomic E-state index is 3.92. The topological polar surface area (TPSA) is 15.3 Å². The molecule has 16 heavy (non-hydrogen) atoms. The number of nitrogens with zero attached hydrogens (tertiary/aromatic N) is 1. The minimum absolute atomic E-state index is 0.805. The second-order valence-electron chi connectivity index (χ2n) is 5.56. The van der Waals surface area contributed by atoms with Gasteiger partial charge in [-0.1, -0.05) is 26.2 Å². The van der Waals surface area contributed by atoms with Crippen LogP contribution >= 0.6 is 0 Å². The highest BCUT2D eigenvalue weighted by Gasteiger charge is 2.20. The molecule has 2 nitrogen and oxygen atoms in total. The maximum Gasteiger partial charge on any atom is 0.00823 e. The lowest BCUT2D eigenvalue weighted by Gasteiger charge is -2.28. The Morgan fingerprint density at radius 3 is 2.31 bits per heavy atom. The summed E-state index contributed by atoms with van der Waals surface area (Å²) in [6.07, 6.45) is 11.4. The lowest BCUT2D eigenvalue weighted by Crippen LogP contribution is -2.40. The van der Waals surface area contributed by atoms with Crippen LogP contribution in [0.5, 0.6) is 0 Å². The molecule has 2 aliphatic rings. The number of likely N-dealkylation sites (tertiary alicyclic amines) is 1. The molecule has 1 saturated carbocycles. The minimum Gasteiger partial charge on any atom is -0.311 e. The Balaban J connectivity index is 1.72. The average Bonchev–Trinajstić information content (AvgIpc) is 2.56. The summed E-state index contributed by atoms with van der Waals surface area (Å²) in [7, 11) is 0. The number of nitrogens with one attached hydrogen (secondary N) is 1. The standard InChI is InChI=1S/C14H28N2/c1-2-16-11-6-9-14(10-12-16)15-13-7-4-3-5-8-13/h13-15H,2-12H2,1H3. The molecule has 1 atom stereocenters. The Bertz CT molecular complexity index is 187. The summed E-state index contributed by atoms with van der Waals surface area (Å²) in [6.45, 7) is 6.14. The quantitative estimate of drug-likeness (QED) is 0.793. The van der Waals surface area contributed by atoms with Crippen LogP contribution in [0.4, 0.5) is 0 Å². The highest BCUT2D eigenvalue weighted by atomic mass is 15.1. The number of hydrogen-bond donors (Lipinski definition) is 1. The van der Waals surface area contributed by atoms with Crippen LogP contribution in [0.1, 0.15) is 58.3 Å². The molecule has 0 aromatic carbocycles. The molecule has 0 amide bonds. The molecule has 0 aromatic heterocycles. The van der Waals surface area contributed by atoms with Crippen LogP contribution in [0, 0.1) is 0 Å². The monoisotopic (exact) mass is 224 g/mol. The van der Waals surface area contributed by atoms with Crippen molar-refractivity contribution >= 4 is 0 Å². The second kappa shape index (κ2) is 6.61. The zero-order chi connectivity index (χ0) is 11.2. The van der Waals surface area contributed by atoms with E-state index in [2.05, 4.69) is 17.1 Å². The van der Waals surface area contributed by atoms with Crippen LogP contribution in [0.2, 0.25) is 0 Å². The Labute approximate surface area is 101 Å². The molecule has 0 radical (unpaired) electrons. The van der Waals surface area contributed by atoms with Crippen LogP contribution in [0.3, 0.4) is 0 Å². The van der Waals surface area contributed by atoms with Crippen molar-refractivity contribution in [3.63, 3.8) is 0 Å². The molecule has 94 valence electrons. The highest BCUT2D eigenvalue weighted by molar-refractivity contribution is 4.80. The summed E-state index contributed by atoms with van der Waals surface area (Å²) in [4.78, 5) is 2.60. The van der Waals surface area contributed by atoms with Gasteiger partial charge in [0.2, 0.25) is 0 Å². The van der Waals surface area contributed by atoms with Crippen molar-refractivity contribution in [2.75, 3.05) is 19.6 Å². The van der Waals surface area contributed by atoms with E-state index in [1.165, 1.54) is 71.0 Å². The molecule has 1 saturated heterocycles. The third-order valence-corrected chi connectivity index (χ3v) is 4.34. The van der Waals surface area contributed by atoms with E-state index in [9.17, 15) is 0 Å². The fourth-order valence-corrected chi connectivity index (χ4v) is 3.24. The Morgan fingerprint density at radius 1 is 0.875 bits per heavy atom. The summed E-state index contributed by atoms with van der Waals surface area (Å²) in [5.74, 6) is 0. The third kappa shape index (κ3) is 3.74. The second-order valence-corrected chi connectivity index (χ2v) is 5.56. The van der Waals surface area contributed by atoms with E-state index in [0.717, 1.165) is 12.1 Å². The zero-order valence-electron chi connectivity index (χ0n) is 10.9. The minimum atomic E-state index is 0.805. The lowest BCUT2D eigenvalue weighted by molar-refractivity contribution is 0.288. The van der Waals surface area contributed by atoms with E-state index in [1.807, 2.05) is 0 Å². The molecule has 1 aliphatic heterocycles. The smallest absolute Gasteiger partial charge is 0.00823 e. The van der Waals surface area contributed by atoms with Crippen molar-refractivity contribution in [1.82, 2.24) is 10.2 Å². The third-order valence-electron chi connectivity index (χ3n) is 4.34. The molecule has 1 aliphatic carbocycles. The van der Waals surface area contributed by atoms with Gasteiger partial charge in [0, 0.05) is 12.1 Å². The highest BCUT2D eigenvalue weighted by Crippen LogP contribution is 2.20. The van der Waals surface area contributed by atoms with Gasteiger partial charge in [-0.2, -0.15) is 0 Å². The molecule has 1 N–H and O–H groups in total. The van der Waals surface area contributed by atoms with Crippen LogP contribution < -0.4 is 5.32 Å². The van der Waals surface area contributed by atoms with Gasteiger partial charge in [0.25, 0.3) is 0 Å². The first-order valence-electron chi connectivity index (χ1n) is 7.37. The molecule has 0 aromatic rings. The van der Waals surface area contributed by atoms with Gasteiger partial charge in [0.1, 0.15) is 0 Å². The normalized spacial score (nSPS) is 30.2. The first-order valence-corrected chi connectivity index (χ1v) is 7.37. The maximum atomic E-state index is 3.92. The fraction of sp³-hybridized carbons (Fsp3) is 1.00. The van der Waals surface area contributed by atoms with E-state index in [0.29, 0.717) is 0 Å². The SMILES string of the molecule is CCN1CCCC(NC2CCCCC2)CC1. The first-order chi connectivity index (χ1) is 7.88. The summed E-state index contributed by atoms with van der Waals surface area (Å²) in [6, 6.07) is 1.64. The van der Waals surface area contributed by atoms with Gasteiger partial charge >= 0.3 is 0 Å². The summed E-state index contributed by atoms with van der Waals surface area (Å²) >= 11 is 0. The molecule has 2 rings (SSSR count). The summed E-state index contributed by atoms with van der Waals surface area (Å²) in [5.41, 5.74) is 0. The van der Waals surface area contributed by atoms with E-state index in [-0.39, 0.29) is 0 Å². The number of rotatable bonds is 3. The summed E-state index contributed by atoms with van der Waals surface area (Å²) < 4.78 is 0. The van der Waals surface area contributed by atoms with E-state index >= 15 is 0 Å². The van der Waals surface area contributed by atoms with Gasteiger partial charge in [-0.25, -0.2) is 0 Å². The van der Waals surface area contributed by atoms with Crippen LogP contribution in [0.25, 0.3) is 0 Å². The molecular weight excluding hydrogens is 196 g/mol. The van der Waals surface area contributed by atoms with Crippen LogP contribution in [-0.4, -0.2) is 36.6 Å². The van der Waals surface area contributed by atoms with Gasteiger partial charge < -0.3 is 10.2 Å². The first kappa shape index (κ1) is 12.4.